The molecule has 1 atom stereocenters. The van der Waals surface area contributed by atoms with E-state index in [9.17, 15) is 4.79 Å². The van der Waals surface area contributed by atoms with Gasteiger partial charge in [-0.15, -0.1) is 0 Å². The zero-order valence-corrected chi connectivity index (χ0v) is 12.2. The summed E-state index contributed by atoms with van der Waals surface area (Å²) in [6, 6.07) is 4.18. The van der Waals surface area contributed by atoms with Gasteiger partial charge in [0.1, 0.15) is 0 Å². The van der Waals surface area contributed by atoms with Crippen LogP contribution in [0.15, 0.2) is 23.1 Å². The third-order valence-corrected chi connectivity index (χ3v) is 4.23. The fourth-order valence-corrected chi connectivity index (χ4v) is 3.15. The van der Waals surface area contributed by atoms with Gasteiger partial charge in [-0.3, -0.25) is 4.79 Å². The van der Waals surface area contributed by atoms with Crippen LogP contribution in [0, 0.1) is 12.8 Å². The number of hydrogen-bond donors (Lipinski definition) is 1. The van der Waals surface area contributed by atoms with E-state index in [1.165, 1.54) is 32.1 Å². The first-order valence-corrected chi connectivity index (χ1v) is 7.61. The van der Waals surface area contributed by atoms with Crippen molar-refractivity contribution in [3.8, 4) is 0 Å². The van der Waals surface area contributed by atoms with Gasteiger partial charge in [-0.2, -0.15) is 0 Å². The molecule has 0 bridgehead atoms. The van der Waals surface area contributed by atoms with Crippen LogP contribution in [0.25, 0.3) is 0 Å². The first kappa shape index (κ1) is 14.3. The van der Waals surface area contributed by atoms with E-state index in [-0.39, 0.29) is 5.56 Å². The summed E-state index contributed by atoms with van der Waals surface area (Å²) in [4.78, 5) is 12.0. The van der Waals surface area contributed by atoms with Crippen LogP contribution in [0.1, 0.15) is 44.6 Å². The Bertz CT molecular complexity index is 446. The van der Waals surface area contributed by atoms with Crippen LogP contribution >= 0.6 is 0 Å². The van der Waals surface area contributed by atoms with Crippen LogP contribution in [0.3, 0.4) is 0 Å². The molecule has 19 heavy (non-hydrogen) atoms. The van der Waals surface area contributed by atoms with Crippen LogP contribution in [0.2, 0.25) is 0 Å². The minimum absolute atomic E-state index is 0.124. The van der Waals surface area contributed by atoms with E-state index >= 15 is 0 Å². The van der Waals surface area contributed by atoms with Gasteiger partial charge in [0.25, 0.3) is 5.56 Å². The Morgan fingerprint density at radius 2 is 2.11 bits per heavy atom. The fraction of sp³-hybridized carbons (Fsp3) is 0.688. The minimum atomic E-state index is 0.124. The molecule has 0 radical (unpaired) electrons. The Hall–Kier alpha value is -1.09. The molecular weight excluding hydrogens is 236 g/mol. The van der Waals surface area contributed by atoms with Crippen molar-refractivity contribution < 1.29 is 0 Å². The van der Waals surface area contributed by atoms with Gasteiger partial charge in [-0.25, -0.2) is 0 Å². The number of aryl methyl sites for hydroxylation is 1. The summed E-state index contributed by atoms with van der Waals surface area (Å²) >= 11 is 0. The molecule has 1 unspecified atom stereocenters. The molecule has 1 aromatic heterocycles. The second-order valence-electron chi connectivity index (χ2n) is 5.76. The average molecular weight is 262 g/mol. The molecule has 3 nitrogen and oxygen atoms in total. The van der Waals surface area contributed by atoms with Crippen molar-refractivity contribution in [2.75, 3.05) is 6.54 Å². The van der Waals surface area contributed by atoms with Gasteiger partial charge in [-0.1, -0.05) is 26.2 Å². The van der Waals surface area contributed by atoms with Crippen LogP contribution in [-0.2, 0) is 6.54 Å². The molecule has 1 aliphatic rings. The van der Waals surface area contributed by atoms with Gasteiger partial charge in [0, 0.05) is 24.8 Å². The summed E-state index contributed by atoms with van der Waals surface area (Å²) in [6.45, 7) is 5.89. The van der Waals surface area contributed by atoms with Gasteiger partial charge in [0.2, 0.25) is 0 Å². The highest BCUT2D eigenvalue weighted by molar-refractivity contribution is 5.08. The zero-order valence-electron chi connectivity index (χ0n) is 12.2. The van der Waals surface area contributed by atoms with Crippen LogP contribution in [0.4, 0.5) is 0 Å². The van der Waals surface area contributed by atoms with Crippen molar-refractivity contribution in [2.24, 2.45) is 5.92 Å². The number of nitrogens with one attached hydrogen (secondary N) is 1. The van der Waals surface area contributed by atoms with Gasteiger partial charge >= 0.3 is 0 Å². The maximum absolute atomic E-state index is 12.0. The Labute approximate surface area is 116 Å². The lowest BCUT2D eigenvalue weighted by atomic mass is 9.83. The second-order valence-corrected chi connectivity index (χ2v) is 5.76. The maximum atomic E-state index is 12.0. The van der Waals surface area contributed by atoms with E-state index in [1.807, 2.05) is 23.8 Å². The number of nitrogens with zero attached hydrogens (tertiary/aromatic N) is 1. The molecule has 1 fully saturated rings. The first-order valence-electron chi connectivity index (χ1n) is 7.61. The summed E-state index contributed by atoms with van der Waals surface area (Å²) < 4.78 is 1.86. The molecule has 106 valence electrons. The van der Waals surface area contributed by atoms with Crippen LogP contribution in [0.5, 0.6) is 0 Å². The van der Waals surface area contributed by atoms with E-state index < -0.39 is 0 Å². The number of likely N-dealkylation sites (N-methyl/N-ethyl adjacent to an activating group) is 1. The third kappa shape index (κ3) is 3.93. The highest BCUT2D eigenvalue weighted by Gasteiger charge is 2.23. The largest absolute Gasteiger partial charge is 0.314 e. The third-order valence-electron chi connectivity index (χ3n) is 4.23. The molecule has 1 heterocycles. The monoisotopic (exact) mass is 262 g/mol. The van der Waals surface area contributed by atoms with Gasteiger partial charge in [0.15, 0.2) is 0 Å². The molecule has 0 aromatic carbocycles. The van der Waals surface area contributed by atoms with Crippen LogP contribution in [-0.4, -0.2) is 17.2 Å². The van der Waals surface area contributed by atoms with Gasteiger partial charge in [0.05, 0.1) is 0 Å². The van der Waals surface area contributed by atoms with E-state index in [0.29, 0.717) is 6.04 Å². The summed E-state index contributed by atoms with van der Waals surface area (Å²) in [7, 11) is 0. The summed E-state index contributed by atoms with van der Waals surface area (Å²) in [6.07, 6.45) is 8.60. The normalized spacial score (nSPS) is 18.4. The Morgan fingerprint density at radius 1 is 1.37 bits per heavy atom. The van der Waals surface area contributed by atoms with Gasteiger partial charge in [-0.05, 0) is 43.9 Å². The van der Waals surface area contributed by atoms with E-state index in [4.69, 9.17) is 0 Å². The molecule has 3 heteroatoms. The number of aromatic nitrogens is 1. The predicted octanol–water partition coefficient (Wildman–Crippen LogP) is 2.72. The number of rotatable bonds is 5. The van der Waals surface area contributed by atoms with Crippen LogP contribution < -0.4 is 10.9 Å². The molecule has 2 rings (SSSR count). The zero-order chi connectivity index (χ0) is 13.7. The minimum Gasteiger partial charge on any atom is -0.314 e. The molecule has 0 aliphatic heterocycles. The standard InChI is InChI=1S/C16H26N2O/c1-3-17-15(14-7-5-4-6-8-14)12-18-10-9-13(2)11-16(18)19/h9-11,14-15,17H,3-8,12H2,1-2H3. The topological polar surface area (TPSA) is 34.0 Å². The Morgan fingerprint density at radius 3 is 2.74 bits per heavy atom. The first-order chi connectivity index (χ1) is 9.20. The smallest absolute Gasteiger partial charge is 0.250 e. The fourth-order valence-electron chi connectivity index (χ4n) is 3.15. The van der Waals surface area contributed by atoms with Crippen molar-refractivity contribution in [1.82, 2.24) is 9.88 Å². The quantitative estimate of drug-likeness (QED) is 0.885. The van der Waals surface area contributed by atoms with E-state index in [2.05, 4.69) is 12.2 Å². The molecule has 0 amide bonds. The molecule has 1 aromatic rings. The Balaban J connectivity index is 2.08. The van der Waals surface area contributed by atoms with Crippen molar-refractivity contribution in [3.05, 3.63) is 34.2 Å². The van der Waals surface area contributed by atoms with Crippen molar-refractivity contribution in [3.63, 3.8) is 0 Å². The predicted molar refractivity (Wildman–Crippen MR) is 79.5 cm³/mol. The lowest BCUT2D eigenvalue weighted by Crippen LogP contribution is -2.42. The lowest BCUT2D eigenvalue weighted by Gasteiger charge is -2.31. The second kappa shape index (κ2) is 6.90. The highest BCUT2D eigenvalue weighted by Crippen LogP contribution is 2.27. The SMILES string of the molecule is CCNC(Cn1ccc(C)cc1=O)C1CCCCC1. The summed E-state index contributed by atoms with van der Waals surface area (Å²) in [5.74, 6) is 0.724. The summed E-state index contributed by atoms with van der Waals surface area (Å²) in [5, 5.41) is 3.58. The van der Waals surface area contributed by atoms with E-state index in [0.717, 1.165) is 24.6 Å². The lowest BCUT2D eigenvalue weighted by molar-refractivity contribution is 0.249. The van der Waals surface area contributed by atoms with Crippen molar-refractivity contribution in [1.29, 1.82) is 0 Å². The van der Waals surface area contributed by atoms with E-state index in [1.54, 1.807) is 6.07 Å². The number of pyridine rings is 1. The molecular formula is C16H26N2O. The summed E-state index contributed by atoms with van der Waals surface area (Å²) in [5.41, 5.74) is 1.16. The molecule has 1 N–H and O–H groups in total. The molecule has 0 saturated heterocycles. The molecule has 0 spiro atoms. The molecule has 1 aliphatic carbocycles. The molecule has 1 saturated carbocycles. The number of hydrogen-bond acceptors (Lipinski definition) is 2. The Kier molecular flexibility index (Phi) is 5.20. The highest BCUT2D eigenvalue weighted by atomic mass is 16.1. The van der Waals surface area contributed by atoms with Gasteiger partial charge < -0.3 is 9.88 Å². The van der Waals surface area contributed by atoms with Crippen molar-refractivity contribution >= 4 is 0 Å². The average Bonchev–Trinajstić information content (AvgIpc) is 2.42. The maximum Gasteiger partial charge on any atom is 0.250 e. The van der Waals surface area contributed by atoms with Crippen molar-refractivity contribution in [2.45, 2.75) is 58.5 Å².